The SMILES string of the molecule is CN(c1cccc(Cl)c1)S(=O)(=O)c1cccc(C(=O)Nc2nnc(Cc3ccccc3)s2)c1. The second-order valence-corrected chi connectivity index (χ2v) is 10.6. The van der Waals surface area contributed by atoms with E-state index in [0.717, 1.165) is 14.9 Å². The summed E-state index contributed by atoms with van der Waals surface area (Å²) in [6.07, 6.45) is 0.609. The zero-order valence-corrected chi connectivity index (χ0v) is 19.9. The number of rotatable bonds is 7. The van der Waals surface area contributed by atoms with Gasteiger partial charge in [0.25, 0.3) is 15.9 Å². The molecular formula is C23H19ClN4O3S2. The normalized spacial score (nSPS) is 11.2. The fraction of sp³-hybridized carbons (Fsp3) is 0.0870. The third-order valence-corrected chi connectivity index (χ3v) is 7.67. The lowest BCUT2D eigenvalue weighted by Crippen LogP contribution is -2.26. The standard InChI is InChI=1S/C23H19ClN4O3S2/c1-28(19-11-6-10-18(24)15-19)33(30,31)20-12-5-9-17(14-20)22(29)25-23-27-26-21(32-23)13-16-7-3-2-4-8-16/h2-12,14-15H,13H2,1H3,(H,25,27,29). The van der Waals surface area contributed by atoms with Gasteiger partial charge in [-0.15, -0.1) is 10.2 Å². The number of carbonyl (C=O) groups is 1. The fourth-order valence-corrected chi connectivity index (χ4v) is 5.27. The van der Waals surface area contributed by atoms with E-state index in [2.05, 4.69) is 15.5 Å². The highest BCUT2D eigenvalue weighted by atomic mass is 35.5. The minimum atomic E-state index is -3.90. The van der Waals surface area contributed by atoms with Gasteiger partial charge in [-0.1, -0.05) is 65.4 Å². The Hall–Kier alpha value is -3.27. The highest BCUT2D eigenvalue weighted by molar-refractivity contribution is 7.92. The van der Waals surface area contributed by atoms with Gasteiger partial charge in [-0.2, -0.15) is 0 Å². The average Bonchev–Trinajstić information content (AvgIpc) is 3.25. The molecule has 0 unspecified atom stereocenters. The molecule has 10 heteroatoms. The molecule has 4 aromatic rings. The maximum atomic E-state index is 13.1. The summed E-state index contributed by atoms with van der Waals surface area (Å²) in [6, 6.07) is 22.2. The fourth-order valence-electron chi connectivity index (χ4n) is 3.08. The Kier molecular flexibility index (Phi) is 6.73. The van der Waals surface area contributed by atoms with Gasteiger partial charge in [-0.25, -0.2) is 8.42 Å². The van der Waals surface area contributed by atoms with Crippen molar-refractivity contribution in [3.63, 3.8) is 0 Å². The molecule has 33 heavy (non-hydrogen) atoms. The molecule has 1 heterocycles. The van der Waals surface area contributed by atoms with Gasteiger partial charge in [-0.05, 0) is 42.0 Å². The highest BCUT2D eigenvalue weighted by Gasteiger charge is 2.23. The van der Waals surface area contributed by atoms with E-state index >= 15 is 0 Å². The van der Waals surface area contributed by atoms with E-state index in [1.54, 1.807) is 30.3 Å². The van der Waals surface area contributed by atoms with Crippen molar-refractivity contribution in [2.24, 2.45) is 0 Å². The molecule has 1 amide bonds. The molecule has 1 N–H and O–H groups in total. The summed E-state index contributed by atoms with van der Waals surface area (Å²) in [5.74, 6) is -0.472. The highest BCUT2D eigenvalue weighted by Crippen LogP contribution is 2.25. The molecular weight excluding hydrogens is 480 g/mol. The topological polar surface area (TPSA) is 92.3 Å². The predicted molar refractivity (Wildman–Crippen MR) is 131 cm³/mol. The summed E-state index contributed by atoms with van der Waals surface area (Å²) in [6.45, 7) is 0. The van der Waals surface area contributed by atoms with E-state index in [4.69, 9.17) is 11.6 Å². The molecule has 0 saturated carbocycles. The van der Waals surface area contributed by atoms with Crippen LogP contribution in [0.1, 0.15) is 20.9 Å². The van der Waals surface area contributed by atoms with Crippen molar-refractivity contribution >= 4 is 49.7 Å². The zero-order valence-electron chi connectivity index (χ0n) is 17.5. The van der Waals surface area contributed by atoms with E-state index in [1.165, 1.54) is 36.6 Å². The van der Waals surface area contributed by atoms with Crippen LogP contribution in [-0.4, -0.2) is 31.6 Å². The van der Waals surface area contributed by atoms with Gasteiger partial charge in [0.2, 0.25) is 5.13 Å². The first-order valence-electron chi connectivity index (χ1n) is 9.85. The van der Waals surface area contributed by atoms with Crippen LogP contribution in [0.2, 0.25) is 5.02 Å². The Morgan fingerprint density at radius 3 is 2.52 bits per heavy atom. The van der Waals surface area contributed by atoms with Gasteiger partial charge in [0.15, 0.2) is 0 Å². The number of hydrogen-bond acceptors (Lipinski definition) is 6. The lowest BCUT2D eigenvalue weighted by Gasteiger charge is -2.20. The smallest absolute Gasteiger partial charge is 0.264 e. The van der Waals surface area contributed by atoms with Gasteiger partial charge >= 0.3 is 0 Å². The van der Waals surface area contributed by atoms with Crippen molar-refractivity contribution in [3.05, 3.63) is 100 Å². The summed E-state index contributed by atoms with van der Waals surface area (Å²) in [7, 11) is -2.47. The Labute approximate surface area is 200 Å². The second kappa shape index (κ2) is 9.70. The number of sulfonamides is 1. The number of nitrogens with one attached hydrogen (secondary N) is 1. The summed E-state index contributed by atoms with van der Waals surface area (Å²) in [5, 5.41) is 12.4. The Morgan fingerprint density at radius 1 is 1.00 bits per heavy atom. The zero-order chi connectivity index (χ0) is 23.4. The largest absolute Gasteiger partial charge is 0.296 e. The molecule has 168 valence electrons. The Morgan fingerprint density at radius 2 is 1.76 bits per heavy atom. The van der Waals surface area contributed by atoms with Gasteiger partial charge in [0.05, 0.1) is 10.6 Å². The molecule has 4 rings (SSSR count). The first-order valence-corrected chi connectivity index (χ1v) is 12.5. The minimum absolute atomic E-state index is 0.0142. The lowest BCUT2D eigenvalue weighted by molar-refractivity contribution is 0.102. The lowest BCUT2D eigenvalue weighted by atomic mass is 10.2. The molecule has 0 aliphatic heterocycles. The van der Waals surface area contributed by atoms with Crippen LogP contribution in [0, 0.1) is 0 Å². The predicted octanol–water partition coefficient (Wildman–Crippen LogP) is 4.86. The number of carbonyl (C=O) groups excluding carboxylic acids is 1. The summed E-state index contributed by atoms with van der Waals surface area (Å²) in [4.78, 5) is 12.7. The third kappa shape index (κ3) is 5.39. The van der Waals surface area contributed by atoms with Crippen molar-refractivity contribution in [1.82, 2.24) is 10.2 Å². The van der Waals surface area contributed by atoms with Crippen LogP contribution >= 0.6 is 22.9 Å². The molecule has 0 fully saturated rings. The van der Waals surface area contributed by atoms with Crippen molar-refractivity contribution < 1.29 is 13.2 Å². The molecule has 0 aliphatic carbocycles. The van der Waals surface area contributed by atoms with Crippen LogP contribution in [0.5, 0.6) is 0 Å². The maximum absolute atomic E-state index is 13.1. The number of hydrogen-bond donors (Lipinski definition) is 1. The van der Waals surface area contributed by atoms with Crippen molar-refractivity contribution in [2.45, 2.75) is 11.3 Å². The van der Waals surface area contributed by atoms with Gasteiger partial charge in [0.1, 0.15) is 5.01 Å². The molecule has 7 nitrogen and oxygen atoms in total. The van der Waals surface area contributed by atoms with E-state index in [0.29, 0.717) is 22.3 Å². The van der Waals surface area contributed by atoms with Gasteiger partial charge in [-0.3, -0.25) is 14.4 Å². The molecule has 0 saturated heterocycles. The average molecular weight is 499 g/mol. The first kappa shape index (κ1) is 22.9. The summed E-state index contributed by atoms with van der Waals surface area (Å²) in [5.41, 5.74) is 1.70. The van der Waals surface area contributed by atoms with Crippen molar-refractivity contribution in [2.75, 3.05) is 16.7 Å². The van der Waals surface area contributed by atoms with Crippen LogP contribution < -0.4 is 9.62 Å². The monoisotopic (exact) mass is 498 g/mol. The molecule has 0 atom stereocenters. The summed E-state index contributed by atoms with van der Waals surface area (Å²) < 4.78 is 27.3. The molecule has 0 spiro atoms. The Balaban J connectivity index is 1.50. The third-order valence-electron chi connectivity index (χ3n) is 4.81. The van der Waals surface area contributed by atoms with Gasteiger partial charge in [0, 0.05) is 24.1 Å². The van der Waals surface area contributed by atoms with Crippen LogP contribution in [0.3, 0.4) is 0 Å². The van der Waals surface area contributed by atoms with Crippen molar-refractivity contribution in [1.29, 1.82) is 0 Å². The molecule has 0 aliphatic rings. The molecule has 3 aromatic carbocycles. The van der Waals surface area contributed by atoms with Crippen LogP contribution in [-0.2, 0) is 16.4 Å². The Bertz CT molecular complexity index is 1390. The van der Waals surface area contributed by atoms with Crippen LogP contribution in [0.15, 0.2) is 83.8 Å². The second-order valence-electron chi connectivity index (χ2n) is 7.10. The quantitative estimate of drug-likeness (QED) is 0.393. The number of aromatic nitrogens is 2. The number of anilines is 2. The van der Waals surface area contributed by atoms with Crippen molar-refractivity contribution in [3.8, 4) is 0 Å². The van der Waals surface area contributed by atoms with Crippen LogP contribution in [0.25, 0.3) is 0 Å². The van der Waals surface area contributed by atoms with E-state index in [9.17, 15) is 13.2 Å². The first-order chi connectivity index (χ1) is 15.8. The number of nitrogens with zero attached hydrogens (tertiary/aromatic N) is 3. The minimum Gasteiger partial charge on any atom is -0.296 e. The van der Waals surface area contributed by atoms with E-state index in [-0.39, 0.29) is 10.5 Å². The summed E-state index contributed by atoms with van der Waals surface area (Å²) >= 11 is 7.26. The maximum Gasteiger partial charge on any atom is 0.264 e. The molecule has 0 bridgehead atoms. The van der Waals surface area contributed by atoms with Gasteiger partial charge < -0.3 is 0 Å². The van der Waals surface area contributed by atoms with Crippen LogP contribution in [0.4, 0.5) is 10.8 Å². The molecule has 0 radical (unpaired) electrons. The molecule has 1 aromatic heterocycles. The van der Waals surface area contributed by atoms with E-state index in [1.807, 2.05) is 30.3 Å². The number of amides is 1. The van der Waals surface area contributed by atoms with E-state index < -0.39 is 15.9 Å². The number of benzene rings is 3. The number of halogens is 1.